The Hall–Kier alpha value is -3.27. The highest BCUT2D eigenvalue weighted by atomic mass is 16.5. The van der Waals surface area contributed by atoms with Crippen LogP contribution >= 0.6 is 0 Å². The van der Waals surface area contributed by atoms with E-state index in [0.29, 0.717) is 13.0 Å². The first-order chi connectivity index (χ1) is 15.7. The Morgan fingerprint density at radius 1 is 1.03 bits per heavy atom. The zero-order chi connectivity index (χ0) is 22.2. The molecule has 0 aromatic heterocycles. The van der Waals surface area contributed by atoms with E-state index >= 15 is 0 Å². The summed E-state index contributed by atoms with van der Waals surface area (Å²) >= 11 is 0. The minimum Gasteiger partial charge on any atom is -0.492 e. The molecule has 0 saturated carbocycles. The Kier molecular flexibility index (Phi) is 7.44. The van der Waals surface area contributed by atoms with E-state index < -0.39 is 0 Å². The van der Waals surface area contributed by atoms with Crippen LogP contribution in [0.5, 0.6) is 5.75 Å². The first kappa shape index (κ1) is 21.9. The number of nitrogens with one attached hydrogen (secondary N) is 1. The lowest BCUT2D eigenvalue weighted by atomic mass is 9.96. The van der Waals surface area contributed by atoms with Crippen molar-refractivity contribution in [2.24, 2.45) is 0 Å². The monoisotopic (exact) mass is 428 g/mol. The lowest BCUT2D eigenvalue weighted by molar-refractivity contribution is -0.108. The van der Waals surface area contributed by atoms with Gasteiger partial charge in [-0.15, -0.1) is 0 Å². The van der Waals surface area contributed by atoms with Crippen molar-refractivity contribution >= 4 is 17.7 Å². The fourth-order valence-electron chi connectivity index (χ4n) is 4.37. The van der Waals surface area contributed by atoms with E-state index in [1.165, 1.54) is 28.8 Å². The summed E-state index contributed by atoms with van der Waals surface area (Å²) in [7, 11) is 0. The van der Waals surface area contributed by atoms with E-state index in [4.69, 9.17) is 4.74 Å². The van der Waals surface area contributed by atoms with Gasteiger partial charge in [0.15, 0.2) is 0 Å². The van der Waals surface area contributed by atoms with Crippen molar-refractivity contribution in [2.75, 3.05) is 29.9 Å². The molecule has 0 radical (unpaired) electrons. The molecule has 0 saturated heterocycles. The second-order valence-corrected chi connectivity index (χ2v) is 8.45. The van der Waals surface area contributed by atoms with Crippen LogP contribution in [0.1, 0.15) is 42.4 Å². The molecular formula is C28H32N2O2. The van der Waals surface area contributed by atoms with E-state index in [1.807, 2.05) is 30.3 Å². The van der Waals surface area contributed by atoms with Crippen LogP contribution in [-0.2, 0) is 17.8 Å². The second-order valence-electron chi connectivity index (χ2n) is 8.45. The summed E-state index contributed by atoms with van der Waals surface area (Å²) in [6.45, 7) is 5.53. The zero-order valence-corrected chi connectivity index (χ0v) is 18.8. The molecule has 0 fully saturated rings. The predicted octanol–water partition coefficient (Wildman–Crippen LogP) is 5.82. The van der Waals surface area contributed by atoms with Gasteiger partial charge in [0.1, 0.15) is 18.6 Å². The summed E-state index contributed by atoms with van der Waals surface area (Å²) < 4.78 is 5.93. The third-order valence-electron chi connectivity index (χ3n) is 6.23. The number of fused-ring (bicyclic) bond motifs is 1. The minimum absolute atomic E-state index is 0.263. The van der Waals surface area contributed by atoms with Gasteiger partial charge in [-0.25, -0.2) is 0 Å². The maximum atomic E-state index is 10.8. The van der Waals surface area contributed by atoms with Crippen molar-refractivity contribution in [2.45, 2.75) is 38.6 Å². The van der Waals surface area contributed by atoms with Gasteiger partial charge in [0, 0.05) is 30.9 Å². The van der Waals surface area contributed by atoms with Crippen LogP contribution in [-0.4, -0.2) is 26.0 Å². The molecule has 1 aliphatic heterocycles. The molecule has 32 heavy (non-hydrogen) atoms. The summed E-state index contributed by atoms with van der Waals surface area (Å²) in [6, 6.07) is 25.1. The van der Waals surface area contributed by atoms with Crippen molar-refractivity contribution in [1.82, 2.24) is 0 Å². The number of hydrogen-bond acceptors (Lipinski definition) is 4. The normalized spacial score (nSPS) is 13.8. The number of para-hydroxylation sites is 1. The molecular weight excluding hydrogens is 396 g/mol. The zero-order valence-electron chi connectivity index (χ0n) is 18.8. The van der Waals surface area contributed by atoms with Gasteiger partial charge in [0.2, 0.25) is 0 Å². The molecule has 0 aliphatic carbocycles. The Bertz CT molecular complexity index is 1000. The molecule has 4 rings (SSSR count). The Labute approximate surface area is 191 Å². The molecule has 166 valence electrons. The first-order valence-corrected chi connectivity index (χ1v) is 11.6. The van der Waals surface area contributed by atoms with Gasteiger partial charge in [-0.1, -0.05) is 49.4 Å². The molecule has 3 aromatic rings. The number of ether oxygens (including phenoxy) is 1. The van der Waals surface area contributed by atoms with Crippen LogP contribution in [0.2, 0.25) is 0 Å². The van der Waals surface area contributed by atoms with E-state index in [0.717, 1.165) is 43.8 Å². The smallest absolute Gasteiger partial charge is 0.120 e. The van der Waals surface area contributed by atoms with E-state index in [-0.39, 0.29) is 5.92 Å². The molecule has 0 bridgehead atoms. The minimum atomic E-state index is 0.263. The van der Waals surface area contributed by atoms with E-state index in [2.05, 4.69) is 59.6 Å². The number of nitrogens with zero attached hydrogens (tertiary/aromatic N) is 1. The molecule has 1 heterocycles. The maximum absolute atomic E-state index is 10.8. The van der Waals surface area contributed by atoms with E-state index in [9.17, 15) is 4.79 Å². The molecule has 0 amide bonds. The Balaban J connectivity index is 1.37. The van der Waals surface area contributed by atoms with Crippen LogP contribution < -0.4 is 15.0 Å². The van der Waals surface area contributed by atoms with E-state index in [1.54, 1.807) is 0 Å². The van der Waals surface area contributed by atoms with Gasteiger partial charge in [-0.2, -0.15) is 0 Å². The van der Waals surface area contributed by atoms with Crippen molar-refractivity contribution < 1.29 is 9.53 Å². The van der Waals surface area contributed by atoms with Gasteiger partial charge in [-0.3, -0.25) is 0 Å². The lowest BCUT2D eigenvalue weighted by Crippen LogP contribution is -2.33. The largest absolute Gasteiger partial charge is 0.492 e. The number of aldehydes is 1. The number of rotatable bonds is 10. The Morgan fingerprint density at radius 2 is 1.84 bits per heavy atom. The molecule has 1 atom stereocenters. The van der Waals surface area contributed by atoms with Gasteiger partial charge < -0.3 is 19.7 Å². The summed E-state index contributed by atoms with van der Waals surface area (Å²) in [5.74, 6) is 1.19. The van der Waals surface area contributed by atoms with Crippen molar-refractivity contribution in [3.05, 3.63) is 89.5 Å². The molecule has 0 spiro atoms. The number of carbonyl (C=O) groups excluding carboxylic acids is 1. The third-order valence-corrected chi connectivity index (χ3v) is 6.23. The molecule has 1 N–H and O–H groups in total. The maximum Gasteiger partial charge on any atom is 0.120 e. The fraction of sp³-hybridized carbons (Fsp3) is 0.321. The molecule has 1 unspecified atom stereocenters. The van der Waals surface area contributed by atoms with Crippen LogP contribution in [0, 0.1) is 0 Å². The fourth-order valence-corrected chi connectivity index (χ4v) is 4.37. The quantitative estimate of drug-likeness (QED) is 0.413. The topological polar surface area (TPSA) is 41.6 Å². The van der Waals surface area contributed by atoms with Gasteiger partial charge in [-0.05, 0) is 65.8 Å². The Morgan fingerprint density at radius 3 is 2.62 bits per heavy atom. The summed E-state index contributed by atoms with van der Waals surface area (Å²) in [5.41, 5.74) is 6.45. The average Bonchev–Trinajstić information content (AvgIpc) is 2.84. The highest BCUT2D eigenvalue weighted by Gasteiger charge is 2.19. The summed E-state index contributed by atoms with van der Waals surface area (Å²) in [4.78, 5) is 13.2. The van der Waals surface area contributed by atoms with Gasteiger partial charge in [0.05, 0.1) is 6.54 Å². The van der Waals surface area contributed by atoms with Crippen LogP contribution in [0.3, 0.4) is 0 Å². The molecule has 3 aromatic carbocycles. The van der Waals surface area contributed by atoms with Crippen molar-refractivity contribution in [3.8, 4) is 5.75 Å². The summed E-state index contributed by atoms with van der Waals surface area (Å²) in [5, 5.41) is 3.58. The molecule has 4 nitrogen and oxygen atoms in total. The lowest BCUT2D eigenvalue weighted by Gasteiger charge is -2.32. The van der Waals surface area contributed by atoms with Crippen LogP contribution in [0.25, 0.3) is 0 Å². The number of anilines is 2. The molecule has 4 heteroatoms. The first-order valence-electron chi connectivity index (χ1n) is 11.6. The van der Waals surface area contributed by atoms with Crippen molar-refractivity contribution in [1.29, 1.82) is 0 Å². The van der Waals surface area contributed by atoms with Gasteiger partial charge >= 0.3 is 0 Å². The summed E-state index contributed by atoms with van der Waals surface area (Å²) in [6.07, 6.45) is 3.84. The molecule has 1 aliphatic rings. The van der Waals surface area contributed by atoms with Crippen LogP contribution in [0.15, 0.2) is 72.8 Å². The number of carbonyl (C=O) groups is 1. The standard InChI is InChI=1S/C28H32N2O2/c1-22(16-19-31)23-12-14-25(15-13-23)29-21-24-7-5-11-28-27(24)10-6-17-30(28)18-20-32-26-8-3-2-4-9-26/h2-5,7-9,11-15,19,22,29H,6,10,16-18,20-21H2,1H3. The number of hydrogen-bond donors (Lipinski definition) is 1. The highest BCUT2D eigenvalue weighted by Crippen LogP contribution is 2.30. The van der Waals surface area contributed by atoms with Gasteiger partial charge in [0.25, 0.3) is 0 Å². The average molecular weight is 429 g/mol. The van der Waals surface area contributed by atoms with Crippen LogP contribution in [0.4, 0.5) is 11.4 Å². The second kappa shape index (κ2) is 10.9. The number of benzene rings is 3. The SMILES string of the molecule is CC(CC=O)c1ccc(NCc2cccc3c2CCCN3CCOc2ccccc2)cc1. The third kappa shape index (κ3) is 5.50. The predicted molar refractivity (Wildman–Crippen MR) is 132 cm³/mol. The highest BCUT2D eigenvalue weighted by molar-refractivity contribution is 5.59. The van der Waals surface area contributed by atoms with Crippen molar-refractivity contribution in [3.63, 3.8) is 0 Å².